The van der Waals surface area contributed by atoms with Gasteiger partial charge in [-0.3, -0.25) is 4.79 Å². The van der Waals surface area contributed by atoms with Gasteiger partial charge in [0.25, 0.3) is 0 Å². The first-order valence-electron chi connectivity index (χ1n) is 6.26. The molecule has 0 saturated carbocycles. The molecule has 6 nitrogen and oxygen atoms in total. The van der Waals surface area contributed by atoms with Crippen LogP contribution in [0.15, 0.2) is 59.8 Å². The van der Waals surface area contributed by atoms with E-state index in [4.69, 9.17) is 15.7 Å². The van der Waals surface area contributed by atoms with Gasteiger partial charge in [-0.2, -0.15) is 0 Å². The number of oxime groups is 1. The Labute approximate surface area is 121 Å². The van der Waals surface area contributed by atoms with Crippen molar-refractivity contribution in [2.45, 2.75) is 6.42 Å². The molecular weight excluding hydrogens is 270 g/mol. The van der Waals surface area contributed by atoms with Crippen LogP contribution in [0.25, 0.3) is 0 Å². The molecule has 0 fully saturated rings. The van der Waals surface area contributed by atoms with Gasteiger partial charge in [-0.25, -0.2) is 0 Å². The molecule has 21 heavy (non-hydrogen) atoms. The van der Waals surface area contributed by atoms with Gasteiger partial charge in [0, 0.05) is 11.8 Å². The highest BCUT2D eigenvalue weighted by molar-refractivity contribution is 6.04. The average Bonchev–Trinajstić information content (AvgIpc) is 2.48. The Morgan fingerprint density at radius 1 is 1.14 bits per heavy atom. The first-order chi connectivity index (χ1) is 10.2. The van der Waals surface area contributed by atoms with Crippen LogP contribution in [0.5, 0.6) is 11.5 Å². The van der Waals surface area contributed by atoms with Crippen LogP contribution in [0.1, 0.15) is 6.42 Å². The van der Waals surface area contributed by atoms with Crippen LogP contribution >= 0.6 is 0 Å². The zero-order valence-corrected chi connectivity index (χ0v) is 11.2. The van der Waals surface area contributed by atoms with Crippen molar-refractivity contribution in [1.82, 2.24) is 0 Å². The first kappa shape index (κ1) is 14.4. The van der Waals surface area contributed by atoms with Gasteiger partial charge in [0.1, 0.15) is 17.3 Å². The SMILES string of the molecule is NC(CC(=O)Nc1cccc(Oc2ccccc2)c1)=NO. The second-order valence-electron chi connectivity index (χ2n) is 4.26. The quantitative estimate of drug-likeness (QED) is 0.340. The van der Waals surface area contributed by atoms with E-state index >= 15 is 0 Å². The van der Waals surface area contributed by atoms with Crippen molar-refractivity contribution in [3.63, 3.8) is 0 Å². The Morgan fingerprint density at radius 3 is 2.57 bits per heavy atom. The number of amides is 1. The standard InChI is InChI=1S/C15H15N3O3/c16-14(18-20)10-15(19)17-11-5-4-8-13(9-11)21-12-6-2-1-3-7-12/h1-9,20H,10H2,(H2,16,18)(H,17,19). The highest BCUT2D eigenvalue weighted by Crippen LogP contribution is 2.23. The molecule has 0 bridgehead atoms. The Morgan fingerprint density at radius 2 is 1.86 bits per heavy atom. The number of anilines is 1. The van der Waals surface area contributed by atoms with Crippen LogP contribution in [0, 0.1) is 0 Å². The summed E-state index contributed by atoms with van der Waals surface area (Å²) >= 11 is 0. The van der Waals surface area contributed by atoms with Gasteiger partial charge in [-0.1, -0.05) is 29.4 Å². The van der Waals surface area contributed by atoms with Crippen molar-refractivity contribution in [2.75, 3.05) is 5.32 Å². The highest BCUT2D eigenvalue weighted by atomic mass is 16.5. The van der Waals surface area contributed by atoms with Gasteiger partial charge in [0.15, 0.2) is 0 Å². The lowest BCUT2D eigenvalue weighted by atomic mass is 10.2. The Balaban J connectivity index is 2.02. The lowest BCUT2D eigenvalue weighted by molar-refractivity contribution is -0.115. The van der Waals surface area contributed by atoms with E-state index in [9.17, 15) is 4.79 Å². The number of hydrogen-bond acceptors (Lipinski definition) is 4. The van der Waals surface area contributed by atoms with Gasteiger partial charge < -0.3 is 21.0 Å². The summed E-state index contributed by atoms with van der Waals surface area (Å²) in [4.78, 5) is 11.6. The lowest BCUT2D eigenvalue weighted by Gasteiger charge is -2.08. The Hall–Kier alpha value is -3.02. The molecule has 0 aliphatic carbocycles. The maximum absolute atomic E-state index is 11.6. The molecule has 0 radical (unpaired) electrons. The molecule has 4 N–H and O–H groups in total. The van der Waals surface area contributed by atoms with E-state index in [0.29, 0.717) is 17.2 Å². The summed E-state index contributed by atoms with van der Waals surface area (Å²) in [5.41, 5.74) is 5.84. The molecule has 2 aromatic carbocycles. The third kappa shape index (κ3) is 4.54. The van der Waals surface area contributed by atoms with Crippen molar-refractivity contribution in [2.24, 2.45) is 10.9 Å². The number of nitrogens with two attached hydrogens (primary N) is 1. The minimum atomic E-state index is -0.373. The fourth-order valence-corrected chi connectivity index (χ4v) is 1.67. The average molecular weight is 285 g/mol. The first-order valence-corrected chi connectivity index (χ1v) is 6.26. The van der Waals surface area contributed by atoms with Crippen molar-refractivity contribution >= 4 is 17.4 Å². The van der Waals surface area contributed by atoms with Crippen molar-refractivity contribution < 1.29 is 14.7 Å². The summed E-state index contributed by atoms with van der Waals surface area (Å²) < 4.78 is 5.66. The van der Waals surface area contributed by atoms with E-state index in [2.05, 4.69) is 10.5 Å². The minimum Gasteiger partial charge on any atom is -0.457 e. The molecule has 2 aromatic rings. The predicted molar refractivity (Wildman–Crippen MR) is 79.6 cm³/mol. The topological polar surface area (TPSA) is 96.9 Å². The summed E-state index contributed by atoms with van der Waals surface area (Å²) in [5, 5.41) is 13.8. The highest BCUT2D eigenvalue weighted by Gasteiger charge is 2.06. The number of rotatable bonds is 5. The number of amidine groups is 1. The molecule has 0 heterocycles. The van der Waals surface area contributed by atoms with Crippen LogP contribution in [-0.4, -0.2) is 17.0 Å². The summed E-state index contributed by atoms with van der Waals surface area (Å²) in [6.45, 7) is 0. The van der Waals surface area contributed by atoms with Crippen molar-refractivity contribution in [1.29, 1.82) is 0 Å². The van der Waals surface area contributed by atoms with E-state index in [1.54, 1.807) is 24.3 Å². The monoisotopic (exact) mass is 285 g/mol. The van der Waals surface area contributed by atoms with Crippen molar-refractivity contribution in [3.05, 3.63) is 54.6 Å². The largest absolute Gasteiger partial charge is 0.457 e. The van der Waals surface area contributed by atoms with Gasteiger partial charge in [0.2, 0.25) is 5.91 Å². The van der Waals surface area contributed by atoms with Crippen LogP contribution in [0.2, 0.25) is 0 Å². The molecule has 0 aliphatic heterocycles. The zero-order valence-electron chi connectivity index (χ0n) is 11.2. The fraction of sp³-hybridized carbons (Fsp3) is 0.0667. The molecule has 108 valence electrons. The molecule has 0 spiro atoms. The van der Waals surface area contributed by atoms with Gasteiger partial charge in [-0.15, -0.1) is 0 Å². The van der Waals surface area contributed by atoms with E-state index in [0.717, 1.165) is 0 Å². The number of para-hydroxylation sites is 1. The van der Waals surface area contributed by atoms with Gasteiger partial charge >= 0.3 is 0 Å². The number of hydrogen-bond donors (Lipinski definition) is 3. The Kier molecular flexibility index (Phi) is 4.76. The molecule has 0 unspecified atom stereocenters. The smallest absolute Gasteiger partial charge is 0.232 e. The second kappa shape index (κ2) is 6.95. The normalized spacial score (nSPS) is 11.0. The van der Waals surface area contributed by atoms with Crippen LogP contribution < -0.4 is 15.8 Å². The molecule has 0 atom stereocenters. The van der Waals surface area contributed by atoms with Gasteiger partial charge in [-0.05, 0) is 24.3 Å². The number of carbonyl (C=O) groups excluding carboxylic acids is 1. The molecule has 2 rings (SSSR count). The lowest BCUT2D eigenvalue weighted by Crippen LogP contribution is -2.21. The van der Waals surface area contributed by atoms with Crippen LogP contribution in [0.4, 0.5) is 5.69 Å². The van der Waals surface area contributed by atoms with Gasteiger partial charge in [0.05, 0.1) is 6.42 Å². The summed E-state index contributed by atoms with van der Waals surface area (Å²) in [6, 6.07) is 16.3. The van der Waals surface area contributed by atoms with E-state index in [1.165, 1.54) is 0 Å². The van der Waals surface area contributed by atoms with Crippen LogP contribution in [-0.2, 0) is 4.79 Å². The van der Waals surface area contributed by atoms with E-state index < -0.39 is 0 Å². The number of benzene rings is 2. The third-order valence-electron chi connectivity index (χ3n) is 2.57. The molecule has 0 aliphatic rings. The molecular formula is C15H15N3O3. The number of carbonyl (C=O) groups is 1. The van der Waals surface area contributed by atoms with E-state index in [-0.39, 0.29) is 18.2 Å². The Bertz CT molecular complexity index is 642. The van der Waals surface area contributed by atoms with Crippen molar-refractivity contribution in [3.8, 4) is 11.5 Å². The number of ether oxygens (including phenoxy) is 1. The predicted octanol–water partition coefficient (Wildman–Crippen LogP) is 2.55. The fourth-order valence-electron chi connectivity index (χ4n) is 1.67. The molecule has 6 heteroatoms. The van der Waals surface area contributed by atoms with Crippen LogP contribution in [0.3, 0.4) is 0 Å². The maximum atomic E-state index is 11.6. The number of nitrogens with one attached hydrogen (secondary N) is 1. The second-order valence-corrected chi connectivity index (χ2v) is 4.26. The summed E-state index contributed by atoms with van der Waals surface area (Å²) in [7, 11) is 0. The summed E-state index contributed by atoms with van der Waals surface area (Å²) in [6.07, 6.45) is -0.180. The van der Waals surface area contributed by atoms with E-state index in [1.807, 2.05) is 30.3 Å². The zero-order chi connectivity index (χ0) is 15.1. The third-order valence-corrected chi connectivity index (χ3v) is 2.57. The molecule has 0 aromatic heterocycles. The molecule has 1 amide bonds. The molecule has 0 saturated heterocycles. The number of nitrogens with zero attached hydrogens (tertiary/aromatic N) is 1. The minimum absolute atomic E-state index is 0.149. The summed E-state index contributed by atoms with van der Waals surface area (Å²) in [5.74, 6) is 0.784. The maximum Gasteiger partial charge on any atom is 0.232 e.